The molecule has 1 fully saturated rings. The fourth-order valence-electron chi connectivity index (χ4n) is 3.21. The third-order valence-electron chi connectivity index (χ3n) is 4.46. The van der Waals surface area contributed by atoms with Gasteiger partial charge in [-0.25, -0.2) is 9.67 Å². The lowest BCUT2D eigenvalue weighted by Crippen LogP contribution is -2.28. The van der Waals surface area contributed by atoms with Gasteiger partial charge in [0.05, 0.1) is 17.3 Å². The number of pyridine rings is 1. The summed E-state index contributed by atoms with van der Waals surface area (Å²) in [6, 6.07) is 0.370. The third-order valence-corrected chi connectivity index (χ3v) is 4.46. The van der Waals surface area contributed by atoms with Gasteiger partial charge >= 0.3 is 0 Å². The summed E-state index contributed by atoms with van der Waals surface area (Å²) in [6.07, 6.45) is 5.97. The highest BCUT2D eigenvalue weighted by Gasteiger charge is 2.21. The van der Waals surface area contributed by atoms with E-state index in [9.17, 15) is 4.79 Å². The van der Waals surface area contributed by atoms with Crippen molar-refractivity contribution >= 4 is 23.0 Å². The van der Waals surface area contributed by atoms with Crippen molar-refractivity contribution in [1.82, 2.24) is 14.8 Å². The number of aromatic nitrogens is 3. The normalized spacial score (nSPS) is 15.9. The van der Waals surface area contributed by atoms with E-state index in [0.717, 1.165) is 73.3 Å². The number of aryl methyl sites for hydroxylation is 2. The monoisotopic (exact) mass is 316 g/mol. The number of anilines is 1. The molecule has 1 aliphatic rings. The number of nitrogens with one attached hydrogen (secondary N) is 1. The Morgan fingerprint density at radius 3 is 2.83 bits per heavy atom. The summed E-state index contributed by atoms with van der Waals surface area (Å²) < 4.78 is 7.36. The third kappa shape index (κ3) is 3.08. The van der Waals surface area contributed by atoms with Crippen molar-refractivity contribution in [3.63, 3.8) is 0 Å². The molecule has 2 aromatic rings. The standard InChI is InChI=1S/C17H24N4O2/c1-3-15-13(5-8-22)16(19-12-6-9-23-10-7-12)14-11-18-21(4-2)17(14)20-15/h8,11-12H,3-7,9-10H2,1-2H3,(H,19,20). The van der Waals surface area contributed by atoms with Crippen molar-refractivity contribution in [1.29, 1.82) is 0 Å². The highest BCUT2D eigenvalue weighted by Crippen LogP contribution is 2.31. The van der Waals surface area contributed by atoms with E-state index in [1.54, 1.807) is 0 Å². The van der Waals surface area contributed by atoms with Crippen LogP contribution in [0.4, 0.5) is 5.69 Å². The average Bonchev–Trinajstić information content (AvgIpc) is 3.00. The SMILES string of the molecule is CCc1nc2c(cnn2CC)c(NC2CCOCC2)c1CC=O. The molecule has 0 saturated carbocycles. The molecule has 23 heavy (non-hydrogen) atoms. The first-order chi connectivity index (χ1) is 11.3. The molecule has 0 radical (unpaired) electrons. The molecule has 6 nitrogen and oxygen atoms in total. The van der Waals surface area contributed by atoms with Crippen molar-refractivity contribution in [3.05, 3.63) is 17.5 Å². The van der Waals surface area contributed by atoms with E-state index in [1.807, 2.05) is 10.9 Å². The number of rotatable bonds is 6. The van der Waals surface area contributed by atoms with Gasteiger partial charge in [0.2, 0.25) is 0 Å². The fourth-order valence-corrected chi connectivity index (χ4v) is 3.21. The van der Waals surface area contributed by atoms with E-state index >= 15 is 0 Å². The molecule has 0 amide bonds. The first-order valence-electron chi connectivity index (χ1n) is 8.43. The lowest BCUT2D eigenvalue weighted by molar-refractivity contribution is -0.107. The van der Waals surface area contributed by atoms with Crippen LogP contribution in [-0.2, 0) is 28.9 Å². The first-order valence-corrected chi connectivity index (χ1v) is 8.43. The zero-order valence-corrected chi connectivity index (χ0v) is 13.8. The van der Waals surface area contributed by atoms with Crippen LogP contribution in [0.2, 0.25) is 0 Å². The summed E-state index contributed by atoms with van der Waals surface area (Å²) in [5, 5.41) is 9.11. The van der Waals surface area contributed by atoms with Crippen LogP contribution < -0.4 is 5.32 Å². The average molecular weight is 316 g/mol. The van der Waals surface area contributed by atoms with Crippen LogP contribution in [0.1, 0.15) is 37.9 Å². The molecule has 0 aliphatic carbocycles. The van der Waals surface area contributed by atoms with Crippen LogP contribution in [0, 0.1) is 0 Å². The second kappa shape index (κ2) is 7.08. The van der Waals surface area contributed by atoms with Crippen LogP contribution in [0.5, 0.6) is 0 Å². The zero-order chi connectivity index (χ0) is 16.2. The Bertz CT molecular complexity index is 689. The van der Waals surface area contributed by atoms with Gasteiger partial charge in [0.15, 0.2) is 5.65 Å². The number of hydrogen-bond acceptors (Lipinski definition) is 5. The van der Waals surface area contributed by atoms with Gasteiger partial charge in [-0.2, -0.15) is 5.10 Å². The molecule has 0 unspecified atom stereocenters. The Morgan fingerprint density at radius 2 is 2.17 bits per heavy atom. The van der Waals surface area contributed by atoms with Gasteiger partial charge < -0.3 is 14.8 Å². The van der Waals surface area contributed by atoms with Crippen molar-refractivity contribution in [2.45, 2.75) is 52.1 Å². The van der Waals surface area contributed by atoms with Gasteiger partial charge in [0.25, 0.3) is 0 Å². The lowest BCUT2D eigenvalue weighted by atomic mass is 10.0. The number of carbonyl (C=O) groups is 1. The van der Waals surface area contributed by atoms with E-state index in [4.69, 9.17) is 9.72 Å². The van der Waals surface area contributed by atoms with Crippen LogP contribution in [0.15, 0.2) is 6.20 Å². The van der Waals surface area contributed by atoms with Crippen LogP contribution in [0.25, 0.3) is 11.0 Å². The van der Waals surface area contributed by atoms with E-state index in [2.05, 4.69) is 24.3 Å². The summed E-state index contributed by atoms with van der Waals surface area (Å²) in [5.41, 5.74) is 3.92. The largest absolute Gasteiger partial charge is 0.381 e. The maximum atomic E-state index is 11.2. The number of aldehydes is 1. The molecule has 1 N–H and O–H groups in total. The van der Waals surface area contributed by atoms with Gasteiger partial charge in [0, 0.05) is 43.5 Å². The van der Waals surface area contributed by atoms with Gasteiger partial charge in [0.1, 0.15) is 6.29 Å². The van der Waals surface area contributed by atoms with Gasteiger partial charge in [-0.15, -0.1) is 0 Å². The van der Waals surface area contributed by atoms with E-state index in [1.165, 1.54) is 0 Å². The molecule has 6 heteroatoms. The molecule has 0 atom stereocenters. The molecular weight excluding hydrogens is 292 g/mol. The molecular formula is C17H24N4O2. The van der Waals surface area contributed by atoms with Crippen LogP contribution in [0.3, 0.4) is 0 Å². The molecule has 0 aromatic carbocycles. The summed E-state index contributed by atoms with van der Waals surface area (Å²) in [7, 11) is 0. The molecule has 1 saturated heterocycles. The van der Waals surface area contributed by atoms with Gasteiger partial charge in [-0.3, -0.25) is 0 Å². The summed E-state index contributed by atoms with van der Waals surface area (Å²) in [4.78, 5) is 16.0. The number of nitrogens with zero attached hydrogens (tertiary/aromatic N) is 3. The number of ether oxygens (including phenoxy) is 1. The number of fused-ring (bicyclic) bond motifs is 1. The molecule has 0 bridgehead atoms. The molecule has 3 rings (SSSR count). The summed E-state index contributed by atoms with van der Waals surface area (Å²) >= 11 is 0. The second-order valence-electron chi connectivity index (χ2n) is 5.86. The van der Waals surface area contributed by atoms with E-state index in [0.29, 0.717) is 12.5 Å². The predicted octanol–water partition coefficient (Wildman–Crippen LogP) is 2.35. The van der Waals surface area contributed by atoms with Crippen molar-refractivity contribution in [3.8, 4) is 0 Å². The molecule has 2 aromatic heterocycles. The minimum Gasteiger partial charge on any atom is -0.381 e. The Labute approximate surface area is 136 Å². The Hall–Kier alpha value is -1.95. The molecule has 1 aliphatic heterocycles. The van der Waals surface area contributed by atoms with E-state index < -0.39 is 0 Å². The van der Waals surface area contributed by atoms with Gasteiger partial charge in [-0.1, -0.05) is 6.92 Å². The van der Waals surface area contributed by atoms with Crippen LogP contribution >= 0.6 is 0 Å². The molecule has 124 valence electrons. The number of carbonyl (C=O) groups excluding carboxylic acids is 1. The zero-order valence-electron chi connectivity index (χ0n) is 13.8. The fraction of sp³-hybridized carbons (Fsp3) is 0.588. The predicted molar refractivity (Wildman–Crippen MR) is 89.8 cm³/mol. The smallest absolute Gasteiger partial charge is 0.160 e. The molecule has 0 spiro atoms. The Morgan fingerprint density at radius 1 is 1.39 bits per heavy atom. The van der Waals surface area contributed by atoms with Crippen LogP contribution in [-0.4, -0.2) is 40.3 Å². The highest BCUT2D eigenvalue weighted by molar-refractivity contribution is 5.92. The maximum absolute atomic E-state index is 11.2. The quantitative estimate of drug-likeness (QED) is 0.829. The minimum atomic E-state index is 0.370. The lowest BCUT2D eigenvalue weighted by Gasteiger charge is -2.26. The minimum absolute atomic E-state index is 0.370. The van der Waals surface area contributed by atoms with Crippen molar-refractivity contribution < 1.29 is 9.53 Å². The van der Waals surface area contributed by atoms with Crippen molar-refractivity contribution in [2.24, 2.45) is 0 Å². The van der Waals surface area contributed by atoms with Crippen molar-refractivity contribution in [2.75, 3.05) is 18.5 Å². The molecule has 3 heterocycles. The summed E-state index contributed by atoms with van der Waals surface area (Å²) in [5.74, 6) is 0. The van der Waals surface area contributed by atoms with E-state index in [-0.39, 0.29) is 0 Å². The number of hydrogen-bond donors (Lipinski definition) is 1. The van der Waals surface area contributed by atoms with Gasteiger partial charge in [-0.05, 0) is 26.2 Å². The summed E-state index contributed by atoms with van der Waals surface area (Å²) in [6.45, 7) is 6.48. The second-order valence-corrected chi connectivity index (χ2v) is 5.86. The topological polar surface area (TPSA) is 69.0 Å². The Balaban J connectivity index is 2.11. The Kier molecular flexibility index (Phi) is 4.91. The highest BCUT2D eigenvalue weighted by atomic mass is 16.5. The maximum Gasteiger partial charge on any atom is 0.160 e. The first kappa shape index (κ1) is 15.9.